The van der Waals surface area contributed by atoms with Crippen molar-refractivity contribution in [3.63, 3.8) is 0 Å². The van der Waals surface area contributed by atoms with E-state index in [0.29, 0.717) is 12.1 Å². The van der Waals surface area contributed by atoms with Crippen molar-refractivity contribution in [2.24, 2.45) is 17.4 Å². The summed E-state index contributed by atoms with van der Waals surface area (Å²) in [6.07, 6.45) is 2.89. The monoisotopic (exact) mass is 439 g/mol. The van der Waals surface area contributed by atoms with E-state index < -0.39 is 60.7 Å². The third-order valence-electron chi connectivity index (χ3n) is 4.63. The number of H-pyrrole nitrogens is 1. The van der Waals surface area contributed by atoms with Crippen molar-refractivity contribution in [1.82, 2.24) is 25.9 Å². The normalized spacial score (nSPS) is 14.5. The summed E-state index contributed by atoms with van der Waals surface area (Å²) in [7, 11) is 0. The first-order valence-corrected chi connectivity index (χ1v) is 9.66. The lowest BCUT2D eigenvalue weighted by atomic mass is 9.99. The maximum absolute atomic E-state index is 12.4. The van der Waals surface area contributed by atoms with Gasteiger partial charge in [0.05, 0.1) is 25.3 Å². The second kappa shape index (κ2) is 12.3. The summed E-state index contributed by atoms with van der Waals surface area (Å²) in [4.78, 5) is 65.8. The maximum Gasteiger partial charge on any atom is 0.326 e. The Kier molecular flexibility index (Phi) is 10.1. The topological polar surface area (TPSA) is 222 Å². The zero-order valence-electron chi connectivity index (χ0n) is 17.4. The Labute approximate surface area is 178 Å². The first-order valence-electron chi connectivity index (χ1n) is 9.66. The molecule has 31 heavy (non-hydrogen) atoms. The van der Waals surface area contributed by atoms with Crippen LogP contribution in [-0.2, 0) is 30.4 Å². The quantitative estimate of drug-likeness (QED) is 0.172. The van der Waals surface area contributed by atoms with Gasteiger partial charge in [-0.3, -0.25) is 19.2 Å². The minimum absolute atomic E-state index is 0.0388. The Hall–Kier alpha value is -3.48. The third kappa shape index (κ3) is 8.82. The molecule has 13 nitrogen and oxygen atoms in total. The van der Waals surface area contributed by atoms with E-state index in [2.05, 4.69) is 25.9 Å². The molecule has 1 rings (SSSR count). The first kappa shape index (κ1) is 25.6. The highest BCUT2D eigenvalue weighted by Crippen LogP contribution is 2.06. The largest absolute Gasteiger partial charge is 0.480 e. The van der Waals surface area contributed by atoms with Crippen molar-refractivity contribution < 1.29 is 29.1 Å². The van der Waals surface area contributed by atoms with Crippen LogP contribution in [0.3, 0.4) is 0 Å². The Morgan fingerprint density at radius 1 is 1.16 bits per heavy atom. The highest BCUT2D eigenvalue weighted by Gasteiger charge is 2.28. The van der Waals surface area contributed by atoms with Gasteiger partial charge in [0.15, 0.2) is 0 Å². The summed E-state index contributed by atoms with van der Waals surface area (Å²) >= 11 is 0. The van der Waals surface area contributed by atoms with Gasteiger partial charge in [-0.2, -0.15) is 0 Å². The molecule has 1 heterocycles. The fraction of sp³-hybridized carbons (Fsp3) is 0.556. The number of rotatable bonds is 13. The number of imidazole rings is 1. The Morgan fingerprint density at radius 3 is 2.35 bits per heavy atom. The van der Waals surface area contributed by atoms with E-state index in [1.54, 1.807) is 6.92 Å². The van der Waals surface area contributed by atoms with Crippen LogP contribution in [0.5, 0.6) is 0 Å². The first-order chi connectivity index (χ1) is 14.5. The maximum atomic E-state index is 12.4. The molecule has 0 radical (unpaired) electrons. The average Bonchev–Trinajstić information content (AvgIpc) is 3.22. The van der Waals surface area contributed by atoms with Crippen molar-refractivity contribution >= 4 is 29.6 Å². The van der Waals surface area contributed by atoms with Gasteiger partial charge in [-0.15, -0.1) is 0 Å². The van der Waals surface area contributed by atoms with Crippen LogP contribution in [0.15, 0.2) is 12.5 Å². The van der Waals surface area contributed by atoms with Gasteiger partial charge in [-0.1, -0.05) is 20.3 Å². The number of nitrogens with zero attached hydrogens (tertiary/aromatic N) is 1. The molecule has 4 amide bonds. The van der Waals surface area contributed by atoms with E-state index in [9.17, 15) is 29.1 Å². The molecular formula is C18H29N7O6. The molecule has 0 fully saturated rings. The Balaban J connectivity index is 2.66. The summed E-state index contributed by atoms with van der Waals surface area (Å²) in [6.45, 7) is 3.04. The number of nitrogens with two attached hydrogens (primary N) is 2. The highest BCUT2D eigenvalue weighted by atomic mass is 16.4. The van der Waals surface area contributed by atoms with Gasteiger partial charge in [-0.05, 0) is 5.92 Å². The molecule has 0 saturated heterocycles. The van der Waals surface area contributed by atoms with E-state index in [1.807, 2.05) is 6.92 Å². The summed E-state index contributed by atoms with van der Waals surface area (Å²) in [5, 5.41) is 16.1. The van der Waals surface area contributed by atoms with Gasteiger partial charge < -0.3 is 37.5 Å². The lowest BCUT2D eigenvalue weighted by molar-refractivity contribution is -0.141. The molecule has 0 aromatic carbocycles. The summed E-state index contributed by atoms with van der Waals surface area (Å²) < 4.78 is 0. The van der Waals surface area contributed by atoms with E-state index >= 15 is 0 Å². The van der Waals surface area contributed by atoms with Crippen LogP contribution in [0.25, 0.3) is 0 Å². The van der Waals surface area contributed by atoms with Gasteiger partial charge in [-0.25, -0.2) is 9.78 Å². The number of amides is 4. The number of aromatic nitrogens is 2. The molecule has 0 saturated carbocycles. The van der Waals surface area contributed by atoms with Crippen molar-refractivity contribution in [2.45, 2.75) is 51.2 Å². The average molecular weight is 439 g/mol. The predicted octanol–water partition coefficient (Wildman–Crippen LogP) is -2.63. The number of hydrogen-bond donors (Lipinski definition) is 7. The number of aromatic amines is 1. The molecule has 0 aliphatic heterocycles. The van der Waals surface area contributed by atoms with E-state index in [-0.39, 0.29) is 12.3 Å². The van der Waals surface area contributed by atoms with Crippen molar-refractivity contribution in [3.8, 4) is 0 Å². The minimum Gasteiger partial charge on any atom is -0.480 e. The van der Waals surface area contributed by atoms with Crippen LogP contribution in [0.2, 0.25) is 0 Å². The summed E-state index contributed by atoms with van der Waals surface area (Å²) in [5.74, 6) is -4.52. The number of carboxylic acid groups (broad SMARTS) is 1. The molecule has 0 aliphatic carbocycles. The highest BCUT2D eigenvalue weighted by molar-refractivity contribution is 5.95. The zero-order valence-corrected chi connectivity index (χ0v) is 17.4. The molecule has 0 bridgehead atoms. The Morgan fingerprint density at radius 2 is 1.84 bits per heavy atom. The van der Waals surface area contributed by atoms with Crippen molar-refractivity contribution in [1.29, 1.82) is 0 Å². The van der Waals surface area contributed by atoms with Gasteiger partial charge in [0, 0.05) is 18.3 Å². The number of primary amides is 1. The van der Waals surface area contributed by atoms with Gasteiger partial charge in [0.25, 0.3) is 0 Å². The second-order valence-corrected chi connectivity index (χ2v) is 7.10. The smallest absolute Gasteiger partial charge is 0.326 e. The van der Waals surface area contributed by atoms with E-state index in [1.165, 1.54) is 12.5 Å². The fourth-order valence-corrected chi connectivity index (χ4v) is 2.54. The number of carbonyl (C=O) groups is 5. The van der Waals surface area contributed by atoms with Crippen molar-refractivity contribution in [3.05, 3.63) is 18.2 Å². The lowest BCUT2D eigenvalue weighted by Crippen LogP contribution is -2.55. The van der Waals surface area contributed by atoms with E-state index in [4.69, 9.17) is 11.5 Å². The lowest BCUT2D eigenvalue weighted by Gasteiger charge is -2.22. The molecule has 9 N–H and O–H groups in total. The van der Waals surface area contributed by atoms with Crippen LogP contribution in [0.4, 0.5) is 0 Å². The molecule has 4 atom stereocenters. The number of hydrogen-bond acceptors (Lipinski definition) is 7. The molecule has 0 aliphatic rings. The van der Waals surface area contributed by atoms with E-state index in [0.717, 1.165) is 0 Å². The Bertz CT molecular complexity index is 782. The van der Waals surface area contributed by atoms with Crippen LogP contribution < -0.4 is 27.4 Å². The summed E-state index contributed by atoms with van der Waals surface area (Å²) in [6, 6.07) is -3.47. The van der Waals surface area contributed by atoms with Crippen LogP contribution >= 0.6 is 0 Å². The molecule has 4 unspecified atom stereocenters. The standard InChI is InChI=1S/C18H29N7O6/c1-3-9(2)15(20)17(29)25-11(5-13(19)26)16(28)22-7-14(27)24-12(18(30)31)4-10-6-21-8-23-10/h6,8-9,11-12,15H,3-5,7,20H2,1-2H3,(H2,19,26)(H,21,23)(H,22,28)(H,24,27)(H,25,29)(H,30,31). The zero-order chi connectivity index (χ0) is 23.6. The number of carboxylic acids is 1. The van der Waals surface area contributed by atoms with Gasteiger partial charge in [0.2, 0.25) is 23.6 Å². The number of carbonyl (C=O) groups excluding carboxylic acids is 4. The number of aliphatic carboxylic acids is 1. The molecule has 172 valence electrons. The van der Waals surface area contributed by atoms with Crippen LogP contribution in [-0.4, -0.2) is 69.3 Å². The van der Waals surface area contributed by atoms with Crippen LogP contribution in [0.1, 0.15) is 32.4 Å². The van der Waals surface area contributed by atoms with Gasteiger partial charge in [0.1, 0.15) is 12.1 Å². The molecule has 1 aromatic rings. The van der Waals surface area contributed by atoms with Crippen LogP contribution in [0, 0.1) is 5.92 Å². The van der Waals surface area contributed by atoms with Gasteiger partial charge >= 0.3 is 5.97 Å². The van der Waals surface area contributed by atoms with Crippen molar-refractivity contribution in [2.75, 3.05) is 6.54 Å². The molecule has 13 heteroatoms. The predicted molar refractivity (Wildman–Crippen MR) is 108 cm³/mol. The number of nitrogens with one attached hydrogen (secondary N) is 4. The SMILES string of the molecule is CCC(C)C(N)C(=O)NC(CC(N)=O)C(=O)NCC(=O)NC(Cc1cnc[nH]1)C(=O)O. The third-order valence-corrected chi connectivity index (χ3v) is 4.63. The fourth-order valence-electron chi connectivity index (χ4n) is 2.54. The second-order valence-electron chi connectivity index (χ2n) is 7.10. The molecule has 0 spiro atoms. The minimum atomic E-state index is -1.33. The molecule has 1 aromatic heterocycles. The summed E-state index contributed by atoms with van der Waals surface area (Å²) in [5.41, 5.74) is 11.5. The molecular weight excluding hydrogens is 410 g/mol.